The number of thioether (sulfide) groups is 1. The third-order valence-corrected chi connectivity index (χ3v) is 6.98. The average Bonchev–Trinajstić information content (AvgIpc) is 3.26. The molecule has 7 heteroatoms. The molecule has 0 spiro atoms. The number of amides is 1. The van der Waals surface area contributed by atoms with Crippen LogP contribution in [-0.2, 0) is 4.79 Å². The number of nitrogens with zero attached hydrogens (tertiary/aromatic N) is 4. The van der Waals surface area contributed by atoms with Gasteiger partial charge in [0, 0.05) is 19.1 Å². The Morgan fingerprint density at radius 1 is 1.03 bits per heavy atom. The molecule has 2 heterocycles. The topological polar surface area (TPSA) is 63.1 Å². The second-order valence-electron chi connectivity index (χ2n) is 8.34. The second kappa shape index (κ2) is 8.75. The van der Waals surface area contributed by atoms with Gasteiger partial charge in [-0.3, -0.25) is 9.36 Å². The zero-order chi connectivity index (χ0) is 21.2. The highest BCUT2D eigenvalue weighted by atomic mass is 32.2. The van der Waals surface area contributed by atoms with E-state index < -0.39 is 0 Å². The Labute approximate surface area is 187 Å². The van der Waals surface area contributed by atoms with Crippen molar-refractivity contribution in [2.45, 2.75) is 49.1 Å². The standard InChI is InChI=1S/C24H27N5OS/c1-17-9-13-20(14-10-17)29-23(28-15-5-6-16-28)26-27-24(29)31-21(18-7-3-2-4-8-18)22(30)25-19-11-12-19/h2-4,7-10,13-14,19,21H,5-6,11-12,15-16H2,1H3,(H,25,30). The van der Waals surface area contributed by atoms with Gasteiger partial charge in [-0.05, 0) is 50.3 Å². The van der Waals surface area contributed by atoms with Crippen LogP contribution in [0.25, 0.3) is 5.69 Å². The van der Waals surface area contributed by atoms with Crippen LogP contribution >= 0.6 is 11.8 Å². The summed E-state index contributed by atoms with van der Waals surface area (Å²) in [6.07, 6.45) is 4.46. The first kappa shape index (κ1) is 20.1. The smallest absolute Gasteiger partial charge is 0.238 e. The molecule has 1 aromatic heterocycles. The third-order valence-electron chi connectivity index (χ3n) is 5.78. The van der Waals surface area contributed by atoms with E-state index in [0.29, 0.717) is 6.04 Å². The Kier molecular flexibility index (Phi) is 5.68. The highest BCUT2D eigenvalue weighted by Gasteiger charge is 2.31. The van der Waals surface area contributed by atoms with Gasteiger partial charge < -0.3 is 10.2 Å². The average molecular weight is 434 g/mol. The van der Waals surface area contributed by atoms with E-state index in [4.69, 9.17) is 0 Å². The molecule has 5 rings (SSSR count). The summed E-state index contributed by atoms with van der Waals surface area (Å²) in [7, 11) is 0. The van der Waals surface area contributed by atoms with Crippen LogP contribution in [0, 0.1) is 6.92 Å². The number of hydrogen-bond donors (Lipinski definition) is 1. The first-order chi connectivity index (χ1) is 15.2. The van der Waals surface area contributed by atoms with Crippen molar-refractivity contribution in [2.24, 2.45) is 0 Å². The van der Waals surface area contributed by atoms with Gasteiger partial charge in [-0.15, -0.1) is 10.2 Å². The minimum absolute atomic E-state index is 0.0416. The molecular weight excluding hydrogens is 406 g/mol. The van der Waals surface area contributed by atoms with Crippen molar-refractivity contribution >= 4 is 23.6 Å². The van der Waals surface area contributed by atoms with Gasteiger partial charge in [0.15, 0.2) is 5.16 Å². The molecule has 6 nitrogen and oxygen atoms in total. The molecular formula is C24H27N5OS. The molecule has 1 saturated carbocycles. The van der Waals surface area contributed by atoms with Crippen LogP contribution in [0.4, 0.5) is 5.95 Å². The number of carbonyl (C=O) groups excluding carboxylic acids is 1. The summed E-state index contributed by atoms with van der Waals surface area (Å²) in [5, 5.41) is 12.7. The summed E-state index contributed by atoms with van der Waals surface area (Å²) in [5.41, 5.74) is 3.21. The molecule has 1 atom stereocenters. The SMILES string of the molecule is Cc1ccc(-n2c(SC(C(=O)NC3CC3)c3ccccc3)nnc2N2CCCC2)cc1. The fourth-order valence-electron chi connectivity index (χ4n) is 3.89. The van der Waals surface area contributed by atoms with Gasteiger partial charge in [-0.1, -0.05) is 59.8 Å². The lowest BCUT2D eigenvalue weighted by atomic mass is 10.1. The molecule has 160 valence electrons. The lowest BCUT2D eigenvalue weighted by Gasteiger charge is -2.20. The Morgan fingerprint density at radius 3 is 2.42 bits per heavy atom. The quantitative estimate of drug-likeness (QED) is 0.563. The summed E-state index contributed by atoms with van der Waals surface area (Å²) >= 11 is 1.48. The van der Waals surface area contributed by atoms with Crippen LogP contribution in [0.5, 0.6) is 0 Å². The lowest BCUT2D eigenvalue weighted by molar-refractivity contribution is -0.120. The lowest BCUT2D eigenvalue weighted by Crippen LogP contribution is -2.30. The number of nitrogens with one attached hydrogen (secondary N) is 1. The summed E-state index contributed by atoms with van der Waals surface area (Å²) in [6.45, 7) is 4.05. The first-order valence-electron chi connectivity index (χ1n) is 11.0. The number of anilines is 1. The zero-order valence-corrected chi connectivity index (χ0v) is 18.5. The van der Waals surface area contributed by atoms with Crippen LogP contribution in [0.1, 0.15) is 42.1 Å². The van der Waals surface area contributed by atoms with E-state index >= 15 is 0 Å². The van der Waals surface area contributed by atoms with Crippen LogP contribution in [0.3, 0.4) is 0 Å². The minimum atomic E-state index is -0.373. The van der Waals surface area contributed by atoms with Gasteiger partial charge >= 0.3 is 0 Å². The molecule has 1 aliphatic carbocycles. The number of aryl methyl sites for hydroxylation is 1. The van der Waals surface area contributed by atoms with E-state index in [1.54, 1.807) is 0 Å². The first-order valence-corrected chi connectivity index (χ1v) is 11.9. The molecule has 1 aliphatic heterocycles. The molecule has 2 fully saturated rings. The molecule has 0 radical (unpaired) electrons. The minimum Gasteiger partial charge on any atom is -0.352 e. The van der Waals surface area contributed by atoms with E-state index in [1.807, 2.05) is 30.3 Å². The fourth-order valence-corrected chi connectivity index (χ4v) is 4.95. The Balaban J connectivity index is 1.53. The second-order valence-corrected chi connectivity index (χ2v) is 9.41. The van der Waals surface area contributed by atoms with E-state index in [1.165, 1.54) is 30.2 Å². The van der Waals surface area contributed by atoms with Crippen molar-refractivity contribution in [1.29, 1.82) is 0 Å². The number of hydrogen-bond acceptors (Lipinski definition) is 5. The fraction of sp³-hybridized carbons (Fsp3) is 0.375. The van der Waals surface area contributed by atoms with E-state index in [2.05, 4.69) is 56.2 Å². The number of benzene rings is 2. The number of aromatic nitrogens is 3. The summed E-state index contributed by atoms with van der Waals surface area (Å²) < 4.78 is 2.11. The van der Waals surface area contributed by atoms with Crippen molar-refractivity contribution in [3.63, 3.8) is 0 Å². The van der Waals surface area contributed by atoms with Crippen molar-refractivity contribution in [2.75, 3.05) is 18.0 Å². The van der Waals surface area contributed by atoms with E-state index in [-0.39, 0.29) is 11.2 Å². The van der Waals surface area contributed by atoms with Crippen LogP contribution < -0.4 is 10.2 Å². The number of rotatable bonds is 7. The van der Waals surface area contributed by atoms with E-state index in [0.717, 1.165) is 48.3 Å². The summed E-state index contributed by atoms with van der Waals surface area (Å²) in [5.74, 6) is 0.901. The molecule has 1 N–H and O–H groups in total. The van der Waals surface area contributed by atoms with Crippen molar-refractivity contribution in [3.05, 3.63) is 65.7 Å². The van der Waals surface area contributed by atoms with Crippen molar-refractivity contribution < 1.29 is 4.79 Å². The molecule has 3 aromatic rings. The maximum Gasteiger partial charge on any atom is 0.238 e. The van der Waals surface area contributed by atoms with Gasteiger partial charge in [0.25, 0.3) is 0 Å². The Bertz CT molecular complexity index is 1040. The molecule has 1 unspecified atom stereocenters. The predicted octanol–water partition coefficient (Wildman–Crippen LogP) is 4.29. The normalized spacial score (nSPS) is 17.0. The van der Waals surface area contributed by atoms with Crippen LogP contribution in [-0.4, -0.2) is 39.8 Å². The highest BCUT2D eigenvalue weighted by molar-refractivity contribution is 8.00. The van der Waals surface area contributed by atoms with Crippen LogP contribution in [0.15, 0.2) is 59.8 Å². The largest absolute Gasteiger partial charge is 0.352 e. The predicted molar refractivity (Wildman–Crippen MR) is 124 cm³/mol. The molecule has 0 bridgehead atoms. The highest BCUT2D eigenvalue weighted by Crippen LogP contribution is 2.38. The molecule has 2 aliphatic rings. The molecule has 1 amide bonds. The monoisotopic (exact) mass is 433 g/mol. The van der Waals surface area contributed by atoms with Gasteiger partial charge in [-0.25, -0.2) is 0 Å². The Morgan fingerprint density at radius 2 is 1.74 bits per heavy atom. The maximum atomic E-state index is 13.2. The van der Waals surface area contributed by atoms with E-state index in [9.17, 15) is 4.79 Å². The molecule has 1 saturated heterocycles. The summed E-state index contributed by atoms with van der Waals surface area (Å²) in [6, 6.07) is 18.7. The number of carbonyl (C=O) groups is 1. The van der Waals surface area contributed by atoms with Crippen molar-refractivity contribution in [1.82, 2.24) is 20.1 Å². The Hall–Kier alpha value is -2.80. The van der Waals surface area contributed by atoms with Crippen molar-refractivity contribution in [3.8, 4) is 5.69 Å². The molecule has 31 heavy (non-hydrogen) atoms. The molecule has 2 aromatic carbocycles. The maximum absolute atomic E-state index is 13.2. The van der Waals surface area contributed by atoms with Crippen LogP contribution in [0.2, 0.25) is 0 Å². The zero-order valence-electron chi connectivity index (χ0n) is 17.7. The van der Waals surface area contributed by atoms with Gasteiger partial charge in [-0.2, -0.15) is 0 Å². The van der Waals surface area contributed by atoms with Gasteiger partial charge in [0.05, 0.1) is 5.69 Å². The summed E-state index contributed by atoms with van der Waals surface area (Å²) in [4.78, 5) is 15.4. The third kappa shape index (κ3) is 4.46. The van der Waals surface area contributed by atoms with Gasteiger partial charge in [0.2, 0.25) is 11.9 Å². The van der Waals surface area contributed by atoms with Gasteiger partial charge in [0.1, 0.15) is 5.25 Å².